The van der Waals surface area contributed by atoms with E-state index in [0.29, 0.717) is 6.04 Å². The molecule has 1 fully saturated rings. The molecule has 0 radical (unpaired) electrons. The molecule has 15 heavy (non-hydrogen) atoms. The highest BCUT2D eigenvalue weighted by Crippen LogP contribution is 2.34. The van der Waals surface area contributed by atoms with Gasteiger partial charge in [0.1, 0.15) is 0 Å². The Labute approximate surface area is 88.9 Å². The molecule has 1 aromatic carbocycles. The second-order valence-corrected chi connectivity index (χ2v) is 4.44. The van der Waals surface area contributed by atoms with E-state index >= 15 is 0 Å². The van der Waals surface area contributed by atoms with Gasteiger partial charge in [-0.2, -0.15) is 5.10 Å². The van der Waals surface area contributed by atoms with Gasteiger partial charge in [0.05, 0.1) is 11.7 Å². The van der Waals surface area contributed by atoms with Gasteiger partial charge in [-0.3, -0.25) is 5.10 Å². The molecule has 0 amide bonds. The van der Waals surface area contributed by atoms with Crippen LogP contribution in [0, 0.1) is 5.92 Å². The lowest BCUT2D eigenvalue weighted by atomic mass is 10.2. The zero-order chi connectivity index (χ0) is 10.3. The molecule has 1 unspecified atom stereocenters. The summed E-state index contributed by atoms with van der Waals surface area (Å²) in [5.74, 6) is 0.880. The molecular formula is C12H15N3. The number of benzene rings is 1. The summed E-state index contributed by atoms with van der Waals surface area (Å²) in [5, 5.41) is 11.7. The molecule has 0 spiro atoms. The summed E-state index contributed by atoms with van der Waals surface area (Å²) in [6.07, 6.45) is 4.62. The maximum absolute atomic E-state index is 4.02. The minimum Gasteiger partial charge on any atom is -0.382 e. The minimum atomic E-state index is 0.592. The van der Waals surface area contributed by atoms with Gasteiger partial charge in [0, 0.05) is 17.1 Å². The van der Waals surface area contributed by atoms with Gasteiger partial charge in [-0.15, -0.1) is 0 Å². The van der Waals surface area contributed by atoms with Crippen LogP contribution in [0.15, 0.2) is 24.4 Å². The maximum Gasteiger partial charge on any atom is 0.0651 e. The lowest BCUT2D eigenvalue weighted by Crippen LogP contribution is -2.16. The molecule has 0 aliphatic heterocycles. The number of anilines is 1. The lowest BCUT2D eigenvalue weighted by molar-refractivity contribution is 0.694. The molecule has 1 saturated carbocycles. The Hall–Kier alpha value is -1.51. The van der Waals surface area contributed by atoms with Crippen LogP contribution in [-0.4, -0.2) is 16.2 Å². The Morgan fingerprint density at radius 2 is 2.33 bits per heavy atom. The monoisotopic (exact) mass is 201 g/mol. The fraction of sp³-hybridized carbons (Fsp3) is 0.417. The van der Waals surface area contributed by atoms with Crippen LogP contribution in [0.2, 0.25) is 0 Å². The first-order valence-electron chi connectivity index (χ1n) is 5.52. The predicted molar refractivity (Wildman–Crippen MR) is 61.9 cm³/mol. The summed E-state index contributed by atoms with van der Waals surface area (Å²) in [6.45, 7) is 2.26. The maximum atomic E-state index is 4.02. The fourth-order valence-corrected chi connectivity index (χ4v) is 2.01. The number of aromatic amines is 1. The molecule has 1 atom stereocenters. The van der Waals surface area contributed by atoms with Gasteiger partial charge >= 0.3 is 0 Å². The Morgan fingerprint density at radius 1 is 1.47 bits per heavy atom. The number of H-pyrrole nitrogens is 1. The molecular weight excluding hydrogens is 186 g/mol. The largest absolute Gasteiger partial charge is 0.382 e. The van der Waals surface area contributed by atoms with Gasteiger partial charge in [-0.05, 0) is 43.9 Å². The van der Waals surface area contributed by atoms with Gasteiger partial charge in [0.2, 0.25) is 0 Å². The van der Waals surface area contributed by atoms with E-state index in [9.17, 15) is 0 Å². The summed E-state index contributed by atoms with van der Waals surface area (Å²) < 4.78 is 0. The molecule has 3 nitrogen and oxygen atoms in total. The number of nitrogens with zero attached hydrogens (tertiary/aromatic N) is 1. The normalized spacial score (nSPS) is 17.9. The molecule has 2 aromatic rings. The summed E-state index contributed by atoms with van der Waals surface area (Å²) in [6, 6.07) is 6.93. The SMILES string of the molecule is CC(Nc1ccc2[nH]ncc2c1)C1CC1. The van der Waals surface area contributed by atoms with E-state index in [-0.39, 0.29) is 0 Å². The van der Waals surface area contributed by atoms with Crippen molar-refractivity contribution in [3.05, 3.63) is 24.4 Å². The van der Waals surface area contributed by atoms with E-state index in [1.54, 1.807) is 0 Å². The molecule has 1 heterocycles. The molecule has 1 aliphatic carbocycles. The third-order valence-electron chi connectivity index (χ3n) is 3.16. The van der Waals surface area contributed by atoms with Crippen LogP contribution >= 0.6 is 0 Å². The topological polar surface area (TPSA) is 40.7 Å². The van der Waals surface area contributed by atoms with Crippen LogP contribution < -0.4 is 5.32 Å². The third kappa shape index (κ3) is 1.69. The highest BCUT2D eigenvalue weighted by Gasteiger charge is 2.27. The van der Waals surface area contributed by atoms with Crippen molar-refractivity contribution in [2.45, 2.75) is 25.8 Å². The standard InChI is InChI=1S/C12H15N3/c1-8(9-2-3-9)14-11-4-5-12-10(6-11)7-13-15-12/h4-9,14H,2-3H2,1H3,(H,13,15). The number of hydrogen-bond donors (Lipinski definition) is 2. The van der Waals surface area contributed by atoms with Gasteiger partial charge in [0.15, 0.2) is 0 Å². The molecule has 0 saturated heterocycles. The molecule has 3 rings (SSSR count). The van der Waals surface area contributed by atoms with Crippen LogP contribution in [0.4, 0.5) is 5.69 Å². The molecule has 0 bridgehead atoms. The summed E-state index contributed by atoms with van der Waals surface area (Å²) in [7, 11) is 0. The number of nitrogens with one attached hydrogen (secondary N) is 2. The Balaban J connectivity index is 1.83. The first-order chi connectivity index (χ1) is 7.33. The summed E-state index contributed by atoms with van der Waals surface area (Å²) >= 11 is 0. The quantitative estimate of drug-likeness (QED) is 0.801. The van der Waals surface area contributed by atoms with Crippen molar-refractivity contribution < 1.29 is 0 Å². The van der Waals surface area contributed by atoms with E-state index in [1.807, 2.05) is 6.20 Å². The first kappa shape index (κ1) is 8.77. The van der Waals surface area contributed by atoms with E-state index < -0.39 is 0 Å². The molecule has 3 heteroatoms. The highest BCUT2D eigenvalue weighted by atomic mass is 15.1. The zero-order valence-electron chi connectivity index (χ0n) is 8.83. The van der Waals surface area contributed by atoms with Gasteiger partial charge in [0.25, 0.3) is 0 Å². The van der Waals surface area contributed by atoms with Crippen LogP contribution in [0.5, 0.6) is 0 Å². The lowest BCUT2D eigenvalue weighted by Gasteiger charge is -2.14. The van der Waals surface area contributed by atoms with Gasteiger partial charge in [-0.25, -0.2) is 0 Å². The second kappa shape index (κ2) is 3.26. The van der Waals surface area contributed by atoms with E-state index in [4.69, 9.17) is 0 Å². The van der Waals surface area contributed by atoms with Crippen molar-refractivity contribution in [1.29, 1.82) is 0 Å². The van der Waals surface area contributed by atoms with Crippen molar-refractivity contribution >= 4 is 16.6 Å². The third-order valence-corrected chi connectivity index (χ3v) is 3.16. The number of hydrogen-bond acceptors (Lipinski definition) is 2. The van der Waals surface area contributed by atoms with Crippen LogP contribution in [0.3, 0.4) is 0 Å². The minimum absolute atomic E-state index is 0.592. The van der Waals surface area contributed by atoms with Crippen molar-refractivity contribution in [3.63, 3.8) is 0 Å². The van der Waals surface area contributed by atoms with E-state index in [1.165, 1.54) is 23.9 Å². The highest BCUT2D eigenvalue weighted by molar-refractivity contribution is 5.81. The van der Waals surface area contributed by atoms with E-state index in [2.05, 4.69) is 40.6 Å². The number of aromatic nitrogens is 2. The summed E-state index contributed by atoms with van der Waals surface area (Å²) in [4.78, 5) is 0. The van der Waals surface area contributed by atoms with E-state index in [0.717, 1.165) is 11.4 Å². The zero-order valence-corrected chi connectivity index (χ0v) is 8.83. The Morgan fingerprint density at radius 3 is 3.13 bits per heavy atom. The van der Waals surface area contributed by atoms with Crippen molar-refractivity contribution in [2.75, 3.05) is 5.32 Å². The molecule has 1 aliphatic rings. The molecule has 1 aromatic heterocycles. The van der Waals surface area contributed by atoms with Crippen LogP contribution in [0.25, 0.3) is 10.9 Å². The van der Waals surface area contributed by atoms with Crippen LogP contribution in [-0.2, 0) is 0 Å². The smallest absolute Gasteiger partial charge is 0.0651 e. The van der Waals surface area contributed by atoms with Gasteiger partial charge < -0.3 is 5.32 Å². The van der Waals surface area contributed by atoms with Crippen molar-refractivity contribution in [3.8, 4) is 0 Å². The first-order valence-corrected chi connectivity index (χ1v) is 5.52. The fourth-order valence-electron chi connectivity index (χ4n) is 2.01. The second-order valence-electron chi connectivity index (χ2n) is 4.44. The van der Waals surface area contributed by atoms with Crippen molar-refractivity contribution in [1.82, 2.24) is 10.2 Å². The molecule has 78 valence electrons. The number of rotatable bonds is 3. The van der Waals surface area contributed by atoms with Crippen LogP contribution in [0.1, 0.15) is 19.8 Å². The predicted octanol–water partition coefficient (Wildman–Crippen LogP) is 2.77. The Bertz CT molecular complexity index is 470. The van der Waals surface area contributed by atoms with Crippen molar-refractivity contribution in [2.24, 2.45) is 5.92 Å². The average molecular weight is 201 g/mol. The van der Waals surface area contributed by atoms with Gasteiger partial charge in [-0.1, -0.05) is 0 Å². The average Bonchev–Trinajstić information content (AvgIpc) is 2.98. The Kier molecular flexibility index (Phi) is 1.91. The summed E-state index contributed by atoms with van der Waals surface area (Å²) in [5.41, 5.74) is 2.29. The number of fused-ring (bicyclic) bond motifs is 1. The molecule has 2 N–H and O–H groups in total.